The van der Waals surface area contributed by atoms with E-state index in [1.54, 1.807) is 6.07 Å². The van der Waals surface area contributed by atoms with Gasteiger partial charge in [0.1, 0.15) is 5.75 Å². The van der Waals surface area contributed by atoms with E-state index in [2.05, 4.69) is 4.74 Å². The molecule has 136 valence electrons. The van der Waals surface area contributed by atoms with E-state index in [1.807, 2.05) is 0 Å². The molecule has 25 heavy (non-hydrogen) atoms. The van der Waals surface area contributed by atoms with Gasteiger partial charge in [-0.15, -0.1) is 25.6 Å². The summed E-state index contributed by atoms with van der Waals surface area (Å²) in [6.45, 7) is 0. The molecule has 0 aliphatic rings. The van der Waals surface area contributed by atoms with Gasteiger partial charge >= 0.3 is 12.0 Å². The zero-order valence-electron chi connectivity index (χ0n) is 12.8. The summed E-state index contributed by atoms with van der Waals surface area (Å²) in [5, 5.41) is 11.0. The van der Waals surface area contributed by atoms with Crippen molar-refractivity contribution in [3.8, 4) is 11.5 Å². The number of alkyl halides is 3. The third kappa shape index (κ3) is 5.23. The minimum absolute atomic E-state index is 0. The van der Waals surface area contributed by atoms with Gasteiger partial charge in [-0.25, -0.2) is 0 Å². The van der Waals surface area contributed by atoms with Gasteiger partial charge in [-0.1, -0.05) is 18.2 Å². The molecule has 0 aliphatic heterocycles. The van der Waals surface area contributed by atoms with Crippen LogP contribution in [0.5, 0.6) is 11.5 Å². The Morgan fingerprint density at radius 3 is 2.16 bits per heavy atom. The van der Waals surface area contributed by atoms with Gasteiger partial charge in [0, 0.05) is 6.07 Å². The van der Waals surface area contributed by atoms with Crippen molar-refractivity contribution in [3.05, 3.63) is 63.7 Å². The molecule has 0 fully saturated rings. The molecule has 2 rings (SSSR count). The van der Waals surface area contributed by atoms with Crippen molar-refractivity contribution >= 4 is 18.1 Å². The van der Waals surface area contributed by atoms with Crippen molar-refractivity contribution in [2.24, 2.45) is 5.73 Å². The lowest BCUT2D eigenvalue weighted by Crippen LogP contribution is -2.17. The molecule has 0 unspecified atom stereocenters. The second kappa shape index (κ2) is 8.04. The molecule has 2 aromatic rings. The Balaban J connectivity index is 0.00000312. The highest BCUT2D eigenvalue weighted by molar-refractivity contribution is 5.85. The fourth-order valence-corrected chi connectivity index (χ4v) is 2.11. The lowest BCUT2D eigenvalue weighted by Gasteiger charge is -2.14. The van der Waals surface area contributed by atoms with Crippen molar-refractivity contribution in [2.75, 3.05) is 7.11 Å². The zero-order chi connectivity index (χ0) is 17.9. The molecule has 0 amide bonds. The highest BCUT2D eigenvalue weighted by atomic mass is 35.5. The van der Waals surface area contributed by atoms with Gasteiger partial charge in [0.2, 0.25) is 0 Å². The molecule has 0 aromatic heterocycles. The summed E-state index contributed by atoms with van der Waals surface area (Å²) in [5.74, 6) is -0.288. The van der Waals surface area contributed by atoms with Gasteiger partial charge in [-0.3, -0.25) is 10.1 Å². The third-order valence-corrected chi connectivity index (χ3v) is 3.23. The quantitative estimate of drug-likeness (QED) is 0.628. The average Bonchev–Trinajstić information content (AvgIpc) is 2.52. The lowest BCUT2D eigenvalue weighted by atomic mass is 9.99. The second-order valence-corrected chi connectivity index (χ2v) is 4.78. The predicted octanol–water partition coefficient (Wildman–Crippen LogP) is 3.97. The van der Waals surface area contributed by atoms with Crippen LogP contribution in [-0.4, -0.2) is 18.4 Å². The van der Waals surface area contributed by atoms with Crippen LogP contribution in [0.1, 0.15) is 17.2 Å². The smallest absolute Gasteiger partial charge is 0.490 e. The minimum atomic E-state index is -4.78. The van der Waals surface area contributed by atoms with E-state index in [1.165, 1.54) is 31.4 Å². The topological polar surface area (TPSA) is 87.6 Å². The van der Waals surface area contributed by atoms with Gasteiger partial charge in [-0.05, 0) is 29.3 Å². The number of nitro groups is 1. The molecule has 6 nitrogen and oxygen atoms in total. The van der Waals surface area contributed by atoms with E-state index >= 15 is 0 Å². The van der Waals surface area contributed by atoms with Gasteiger partial charge in [0.25, 0.3) is 0 Å². The monoisotopic (exact) mass is 378 g/mol. The lowest BCUT2D eigenvalue weighted by molar-refractivity contribution is -0.385. The van der Waals surface area contributed by atoms with Crippen LogP contribution in [0.4, 0.5) is 18.9 Å². The van der Waals surface area contributed by atoms with E-state index in [9.17, 15) is 23.3 Å². The van der Waals surface area contributed by atoms with E-state index in [-0.39, 0.29) is 29.6 Å². The Kier molecular flexibility index (Phi) is 6.60. The number of ether oxygens (including phenoxy) is 2. The first-order valence-corrected chi connectivity index (χ1v) is 6.65. The average molecular weight is 379 g/mol. The van der Waals surface area contributed by atoms with Crippen molar-refractivity contribution < 1.29 is 27.6 Å². The van der Waals surface area contributed by atoms with Crippen LogP contribution >= 0.6 is 12.4 Å². The van der Waals surface area contributed by atoms with Crippen LogP contribution < -0.4 is 15.2 Å². The van der Waals surface area contributed by atoms with E-state index < -0.39 is 17.3 Å². The number of hydrogen-bond donors (Lipinski definition) is 1. The van der Waals surface area contributed by atoms with Crippen molar-refractivity contribution in [1.29, 1.82) is 0 Å². The summed E-state index contributed by atoms with van der Waals surface area (Å²) < 4.78 is 45.1. The number of nitrogens with two attached hydrogens (primary N) is 1. The number of halogens is 4. The Morgan fingerprint density at radius 2 is 1.68 bits per heavy atom. The highest BCUT2D eigenvalue weighted by Crippen LogP contribution is 2.32. The van der Waals surface area contributed by atoms with Gasteiger partial charge in [0.05, 0.1) is 18.1 Å². The van der Waals surface area contributed by atoms with Gasteiger partial charge in [0.15, 0.2) is 5.75 Å². The molecule has 0 heterocycles. The predicted molar refractivity (Wildman–Crippen MR) is 86.1 cm³/mol. The fraction of sp³-hybridized carbons (Fsp3) is 0.200. The largest absolute Gasteiger partial charge is 0.573 e. The van der Waals surface area contributed by atoms with Crippen molar-refractivity contribution in [1.82, 2.24) is 0 Å². The molecule has 0 saturated heterocycles. The summed E-state index contributed by atoms with van der Waals surface area (Å²) in [6.07, 6.45) is -4.78. The van der Waals surface area contributed by atoms with E-state index in [4.69, 9.17) is 10.5 Å². The minimum Gasteiger partial charge on any atom is -0.490 e. The van der Waals surface area contributed by atoms with Crippen LogP contribution in [-0.2, 0) is 0 Å². The standard InChI is InChI=1S/C15H13F3N2O4.ClH/c1-23-13-7-4-10(8-12(13)20(21)22)14(19)9-2-5-11(6-3-9)24-15(16,17)18;/h2-8,14H,19H2,1H3;1H/t14-;/m0./s1. The molecule has 2 aromatic carbocycles. The van der Waals surface area contributed by atoms with Crippen LogP contribution in [0.3, 0.4) is 0 Å². The van der Waals surface area contributed by atoms with Gasteiger partial charge in [-0.2, -0.15) is 0 Å². The van der Waals surface area contributed by atoms with Crippen LogP contribution in [0.2, 0.25) is 0 Å². The molecule has 2 N–H and O–H groups in total. The summed E-state index contributed by atoms with van der Waals surface area (Å²) in [4.78, 5) is 10.4. The molecule has 10 heteroatoms. The Morgan fingerprint density at radius 1 is 1.12 bits per heavy atom. The van der Waals surface area contributed by atoms with Crippen molar-refractivity contribution in [3.63, 3.8) is 0 Å². The SMILES string of the molecule is COc1ccc([C@@H](N)c2ccc(OC(F)(F)F)cc2)cc1[N+](=O)[O-].Cl. The molecule has 0 aliphatic carbocycles. The Hall–Kier alpha value is -2.52. The number of rotatable bonds is 5. The molecular weight excluding hydrogens is 365 g/mol. The maximum Gasteiger partial charge on any atom is 0.573 e. The number of benzene rings is 2. The van der Waals surface area contributed by atoms with Crippen LogP contribution in [0, 0.1) is 10.1 Å². The number of hydrogen-bond acceptors (Lipinski definition) is 5. The summed E-state index contributed by atoms with van der Waals surface area (Å²) in [6, 6.07) is 8.45. The normalized spacial score (nSPS) is 12.0. The third-order valence-electron chi connectivity index (χ3n) is 3.23. The molecule has 0 saturated carbocycles. The maximum atomic E-state index is 12.1. The summed E-state index contributed by atoms with van der Waals surface area (Å²) in [5.41, 5.74) is 6.68. The first-order chi connectivity index (χ1) is 11.2. The first-order valence-electron chi connectivity index (χ1n) is 6.65. The van der Waals surface area contributed by atoms with Crippen molar-refractivity contribution in [2.45, 2.75) is 12.4 Å². The number of nitro benzene ring substituents is 1. The second-order valence-electron chi connectivity index (χ2n) is 4.78. The maximum absolute atomic E-state index is 12.1. The number of nitrogens with zero attached hydrogens (tertiary/aromatic N) is 1. The number of methoxy groups -OCH3 is 1. The molecule has 0 spiro atoms. The molecular formula is C15H14ClF3N2O4. The molecule has 0 bridgehead atoms. The Bertz CT molecular complexity index is 739. The first kappa shape index (κ1) is 20.5. The summed E-state index contributed by atoms with van der Waals surface area (Å²) in [7, 11) is 1.31. The fourth-order valence-electron chi connectivity index (χ4n) is 2.11. The molecule has 1 atom stereocenters. The molecule has 0 radical (unpaired) electrons. The van der Waals surface area contributed by atoms with Crippen LogP contribution in [0.25, 0.3) is 0 Å². The highest BCUT2D eigenvalue weighted by Gasteiger charge is 2.31. The zero-order valence-corrected chi connectivity index (χ0v) is 13.6. The van der Waals surface area contributed by atoms with Crippen LogP contribution in [0.15, 0.2) is 42.5 Å². The van der Waals surface area contributed by atoms with E-state index in [0.29, 0.717) is 11.1 Å². The Labute approximate surface area is 146 Å². The summed E-state index contributed by atoms with van der Waals surface area (Å²) >= 11 is 0. The van der Waals surface area contributed by atoms with Gasteiger partial charge < -0.3 is 15.2 Å². The van der Waals surface area contributed by atoms with E-state index in [0.717, 1.165) is 12.1 Å².